The first-order chi connectivity index (χ1) is 5.16. The first-order valence-corrected chi connectivity index (χ1v) is 4.84. The molecule has 0 heterocycles. The van der Waals surface area contributed by atoms with Crippen molar-refractivity contribution in [2.24, 2.45) is 17.8 Å². The van der Waals surface area contributed by atoms with E-state index in [0.29, 0.717) is 0 Å². The highest BCUT2D eigenvalue weighted by molar-refractivity contribution is 4.87. The van der Waals surface area contributed by atoms with Crippen LogP contribution in [0.2, 0.25) is 0 Å². The van der Waals surface area contributed by atoms with Crippen LogP contribution in [0.5, 0.6) is 0 Å². The number of nitrogens with one attached hydrogen (secondary N) is 1. The molecule has 1 aliphatic carbocycles. The highest BCUT2D eigenvalue weighted by Crippen LogP contribution is 2.39. The molecule has 0 amide bonds. The molecule has 0 aliphatic heterocycles. The van der Waals surface area contributed by atoms with Crippen LogP contribution in [0.1, 0.15) is 33.6 Å². The first kappa shape index (κ1) is 9.05. The van der Waals surface area contributed by atoms with Crippen molar-refractivity contribution in [3.8, 4) is 0 Å². The van der Waals surface area contributed by atoms with E-state index in [0.717, 1.165) is 23.8 Å². The van der Waals surface area contributed by atoms with Gasteiger partial charge in [0.1, 0.15) is 0 Å². The number of hydrogen-bond donors (Lipinski definition) is 1. The molecule has 1 aliphatic rings. The van der Waals surface area contributed by atoms with Gasteiger partial charge in [0.2, 0.25) is 0 Å². The fourth-order valence-electron chi connectivity index (χ4n) is 2.12. The quantitative estimate of drug-likeness (QED) is 0.656. The zero-order chi connectivity index (χ0) is 8.43. The molecule has 1 rings (SSSR count). The van der Waals surface area contributed by atoms with Crippen LogP contribution < -0.4 is 5.32 Å². The molecule has 2 atom stereocenters. The van der Waals surface area contributed by atoms with Gasteiger partial charge in [0.25, 0.3) is 0 Å². The molecule has 0 aromatic rings. The zero-order valence-electron chi connectivity index (χ0n) is 8.22. The summed E-state index contributed by atoms with van der Waals surface area (Å²) in [7, 11) is 2.09. The summed E-state index contributed by atoms with van der Waals surface area (Å²) >= 11 is 0. The summed E-state index contributed by atoms with van der Waals surface area (Å²) in [4.78, 5) is 0. The molecule has 0 aromatic heterocycles. The van der Waals surface area contributed by atoms with Crippen molar-refractivity contribution in [3.05, 3.63) is 0 Å². The Morgan fingerprint density at radius 1 is 1.18 bits per heavy atom. The number of hydrogen-bond acceptors (Lipinski definition) is 1. The molecule has 2 unspecified atom stereocenters. The Kier molecular flexibility index (Phi) is 2.94. The molecule has 66 valence electrons. The van der Waals surface area contributed by atoms with E-state index in [-0.39, 0.29) is 0 Å². The molecule has 11 heavy (non-hydrogen) atoms. The van der Waals surface area contributed by atoms with Crippen LogP contribution >= 0.6 is 0 Å². The molecule has 1 heteroatoms. The van der Waals surface area contributed by atoms with E-state index in [1.54, 1.807) is 0 Å². The van der Waals surface area contributed by atoms with Crippen LogP contribution in [-0.2, 0) is 0 Å². The molecule has 0 aromatic carbocycles. The minimum absolute atomic E-state index is 0.725. The van der Waals surface area contributed by atoms with E-state index >= 15 is 0 Å². The predicted octanol–water partition coefficient (Wildman–Crippen LogP) is 2.28. The van der Waals surface area contributed by atoms with Crippen LogP contribution in [0.4, 0.5) is 0 Å². The molecule has 1 saturated carbocycles. The van der Waals surface area contributed by atoms with Gasteiger partial charge in [-0.25, -0.2) is 0 Å². The SMILES string of the molecule is CNC(C(C)C)C(C)C1CC1. The Morgan fingerprint density at radius 3 is 2.00 bits per heavy atom. The standard InChI is InChI=1S/C10H21N/c1-7(2)10(11-4)8(3)9-5-6-9/h7-11H,5-6H2,1-4H3. The van der Waals surface area contributed by atoms with Gasteiger partial charge in [-0.05, 0) is 37.6 Å². The van der Waals surface area contributed by atoms with Gasteiger partial charge in [-0.1, -0.05) is 20.8 Å². The highest BCUT2D eigenvalue weighted by Gasteiger charge is 2.33. The van der Waals surface area contributed by atoms with Crippen LogP contribution in [0.25, 0.3) is 0 Å². The fraction of sp³-hybridized carbons (Fsp3) is 1.00. The molecule has 0 radical (unpaired) electrons. The van der Waals surface area contributed by atoms with Crippen LogP contribution in [-0.4, -0.2) is 13.1 Å². The van der Waals surface area contributed by atoms with Crippen LogP contribution in [0.15, 0.2) is 0 Å². The lowest BCUT2D eigenvalue weighted by atomic mass is 9.88. The lowest BCUT2D eigenvalue weighted by Crippen LogP contribution is -2.37. The second kappa shape index (κ2) is 3.57. The third kappa shape index (κ3) is 2.19. The summed E-state index contributed by atoms with van der Waals surface area (Å²) in [6.07, 6.45) is 2.93. The maximum absolute atomic E-state index is 3.42. The smallest absolute Gasteiger partial charge is 0.0115 e. The molecule has 1 fully saturated rings. The van der Waals surface area contributed by atoms with Crippen molar-refractivity contribution in [3.63, 3.8) is 0 Å². The Balaban J connectivity index is 2.38. The van der Waals surface area contributed by atoms with Crippen molar-refractivity contribution in [2.75, 3.05) is 7.05 Å². The minimum Gasteiger partial charge on any atom is -0.316 e. The maximum atomic E-state index is 3.42. The van der Waals surface area contributed by atoms with Gasteiger partial charge in [0.15, 0.2) is 0 Å². The second-order valence-electron chi connectivity index (χ2n) is 4.26. The third-order valence-electron chi connectivity index (χ3n) is 2.98. The summed E-state index contributed by atoms with van der Waals surface area (Å²) in [6, 6.07) is 0.725. The topological polar surface area (TPSA) is 12.0 Å². The van der Waals surface area contributed by atoms with Gasteiger partial charge in [-0.2, -0.15) is 0 Å². The molecule has 1 nitrogen and oxygen atoms in total. The fourth-order valence-corrected chi connectivity index (χ4v) is 2.12. The Bertz CT molecular complexity index is 116. The summed E-state index contributed by atoms with van der Waals surface area (Å²) < 4.78 is 0. The Morgan fingerprint density at radius 2 is 1.73 bits per heavy atom. The van der Waals surface area contributed by atoms with Gasteiger partial charge < -0.3 is 5.32 Å². The first-order valence-electron chi connectivity index (χ1n) is 4.84. The minimum atomic E-state index is 0.725. The van der Waals surface area contributed by atoms with Gasteiger partial charge in [0, 0.05) is 6.04 Å². The predicted molar refractivity (Wildman–Crippen MR) is 49.6 cm³/mol. The van der Waals surface area contributed by atoms with E-state index in [1.807, 2.05) is 0 Å². The van der Waals surface area contributed by atoms with Crippen molar-refractivity contribution in [1.29, 1.82) is 0 Å². The van der Waals surface area contributed by atoms with E-state index < -0.39 is 0 Å². The van der Waals surface area contributed by atoms with Crippen molar-refractivity contribution in [2.45, 2.75) is 39.7 Å². The normalized spacial score (nSPS) is 23.7. The van der Waals surface area contributed by atoms with E-state index in [4.69, 9.17) is 0 Å². The molecule has 0 bridgehead atoms. The second-order valence-corrected chi connectivity index (χ2v) is 4.26. The molecule has 0 saturated heterocycles. The third-order valence-corrected chi connectivity index (χ3v) is 2.98. The van der Waals surface area contributed by atoms with E-state index in [9.17, 15) is 0 Å². The molecular weight excluding hydrogens is 134 g/mol. The lowest BCUT2D eigenvalue weighted by molar-refractivity contribution is 0.289. The molecular formula is C10H21N. The Hall–Kier alpha value is -0.0400. The average Bonchev–Trinajstić information content (AvgIpc) is 2.68. The van der Waals surface area contributed by atoms with Gasteiger partial charge in [-0.15, -0.1) is 0 Å². The molecule has 0 spiro atoms. The largest absolute Gasteiger partial charge is 0.316 e. The monoisotopic (exact) mass is 155 g/mol. The van der Waals surface area contributed by atoms with Gasteiger partial charge >= 0.3 is 0 Å². The van der Waals surface area contributed by atoms with E-state index in [1.165, 1.54) is 12.8 Å². The van der Waals surface area contributed by atoms with E-state index in [2.05, 4.69) is 33.1 Å². The van der Waals surface area contributed by atoms with Crippen molar-refractivity contribution in [1.82, 2.24) is 5.32 Å². The average molecular weight is 155 g/mol. The molecule has 1 N–H and O–H groups in total. The maximum Gasteiger partial charge on any atom is 0.0115 e. The summed E-state index contributed by atoms with van der Waals surface area (Å²) in [5.41, 5.74) is 0. The highest BCUT2D eigenvalue weighted by atomic mass is 14.9. The number of rotatable bonds is 4. The van der Waals surface area contributed by atoms with Crippen LogP contribution in [0, 0.1) is 17.8 Å². The van der Waals surface area contributed by atoms with Crippen molar-refractivity contribution < 1.29 is 0 Å². The summed E-state index contributed by atoms with van der Waals surface area (Å²) in [5, 5.41) is 3.42. The van der Waals surface area contributed by atoms with Crippen LogP contribution in [0.3, 0.4) is 0 Å². The zero-order valence-corrected chi connectivity index (χ0v) is 8.22. The summed E-state index contributed by atoms with van der Waals surface area (Å²) in [5.74, 6) is 2.67. The summed E-state index contributed by atoms with van der Waals surface area (Å²) in [6.45, 7) is 7.00. The van der Waals surface area contributed by atoms with Gasteiger partial charge in [0.05, 0.1) is 0 Å². The van der Waals surface area contributed by atoms with Gasteiger partial charge in [-0.3, -0.25) is 0 Å². The van der Waals surface area contributed by atoms with Crippen molar-refractivity contribution >= 4 is 0 Å². The lowest BCUT2D eigenvalue weighted by Gasteiger charge is -2.26. The Labute approximate surface area is 70.6 Å².